The van der Waals surface area contributed by atoms with Gasteiger partial charge in [0.1, 0.15) is 5.69 Å². The van der Waals surface area contributed by atoms with Crippen molar-refractivity contribution in [2.75, 3.05) is 32.7 Å². The molecular formula is C35H52N6O3. The molecule has 9 heteroatoms. The van der Waals surface area contributed by atoms with Crippen molar-refractivity contribution in [1.82, 2.24) is 30.0 Å². The van der Waals surface area contributed by atoms with Crippen molar-refractivity contribution in [3.63, 3.8) is 0 Å². The van der Waals surface area contributed by atoms with Gasteiger partial charge in [0.15, 0.2) is 0 Å². The molecule has 3 N–H and O–H groups in total. The summed E-state index contributed by atoms with van der Waals surface area (Å²) in [5.41, 5.74) is 4.86. The summed E-state index contributed by atoms with van der Waals surface area (Å²) < 4.78 is 3.69. The molecule has 1 aromatic heterocycles. The topological polar surface area (TPSA) is 100 Å². The average molecular weight is 605 g/mol. The monoisotopic (exact) mass is 604 g/mol. The SMILES string of the molecule is CCC(NC1CCCCC1n1c(-c2ccccc2)c(C(=O)N2CCNCC2)n(CCCNC(=O)CC(C)C)c1=O)=C1CCC1. The zero-order chi connectivity index (χ0) is 31.1. The smallest absolute Gasteiger partial charge is 0.329 e. The Balaban J connectivity index is 1.57. The van der Waals surface area contributed by atoms with Crippen LogP contribution in [0.2, 0.25) is 0 Å². The van der Waals surface area contributed by atoms with Crippen LogP contribution in [0.4, 0.5) is 0 Å². The van der Waals surface area contributed by atoms with E-state index >= 15 is 0 Å². The minimum atomic E-state index is -0.121. The van der Waals surface area contributed by atoms with Gasteiger partial charge >= 0.3 is 5.69 Å². The molecular weight excluding hydrogens is 552 g/mol. The molecule has 0 bridgehead atoms. The Kier molecular flexibility index (Phi) is 11.0. The van der Waals surface area contributed by atoms with Crippen molar-refractivity contribution in [2.24, 2.45) is 5.92 Å². The Labute approximate surface area is 262 Å². The lowest BCUT2D eigenvalue weighted by atomic mass is 9.86. The first kappa shape index (κ1) is 32.1. The lowest BCUT2D eigenvalue weighted by Gasteiger charge is -2.36. The highest BCUT2D eigenvalue weighted by Crippen LogP contribution is 2.36. The number of nitrogens with one attached hydrogen (secondary N) is 3. The minimum Gasteiger partial charge on any atom is -0.384 e. The molecule has 2 heterocycles. The summed E-state index contributed by atoms with van der Waals surface area (Å²) in [6.07, 6.45) is 9.66. The van der Waals surface area contributed by atoms with Crippen molar-refractivity contribution in [3.05, 3.63) is 57.8 Å². The van der Waals surface area contributed by atoms with Gasteiger partial charge in [0, 0.05) is 63.0 Å². The van der Waals surface area contributed by atoms with Gasteiger partial charge < -0.3 is 20.9 Å². The van der Waals surface area contributed by atoms with Crippen molar-refractivity contribution in [3.8, 4) is 11.3 Å². The molecule has 1 saturated heterocycles. The number of carbonyl (C=O) groups excluding carboxylic acids is 2. The van der Waals surface area contributed by atoms with Crippen LogP contribution >= 0.6 is 0 Å². The molecule has 3 fully saturated rings. The Morgan fingerprint density at radius 2 is 1.75 bits per heavy atom. The van der Waals surface area contributed by atoms with E-state index < -0.39 is 0 Å². The van der Waals surface area contributed by atoms with Gasteiger partial charge in [-0.15, -0.1) is 0 Å². The molecule has 5 rings (SSSR count). The van der Waals surface area contributed by atoms with E-state index in [1.807, 2.05) is 53.6 Å². The number of piperazine rings is 1. The second-order valence-corrected chi connectivity index (χ2v) is 13.1. The Bertz CT molecular complexity index is 1360. The van der Waals surface area contributed by atoms with Gasteiger partial charge in [-0.2, -0.15) is 0 Å². The van der Waals surface area contributed by atoms with Gasteiger partial charge in [-0.25, -0.2) is 4.79 Å². The minimum absolute atomic E-state index is 0.0236. The number of aromatic nitrogens is 2. The molecule has 44 heavy (non-hydrogen) atoms. The van der Waals surface area contributed by atoms with Crippen LogP contribution in [-0.2, 0) is 11.3 Å². The maximum Gasteiger partial charge on any atom is 0.329 e. The summed E-state index contributed by atoms with van der Waals surface area (Å²) in [6.45, 7) is 9.80. The van der Waals surface area contributed by atoms with Crippen molar-refractivity contribution >= 4 is 11.8 Å². The number of hydrogen-bond donors (Lipinski definition) is 3. The van der Waals surface area contributed by atoms with E-state index in [9.17, 15) is 14.4 Å². The van der Waals surface area contributed by atoms with Crippen LogP contribution in [-0.4, -0.2) is 64.6 Å². The fourth-order valence-corrected chi connectivity index (χ4v) is 7.01. The van der Waals surface area contributed by atoms with Gasteiger partial charge in [-0.3, -0.25) is 18.7 Å². The third-order valence-corrected chi connectivity index (χ3v) is 9.46. The highest BCUT2D eigenvalue weighted by Gasteiger charge is 2.36. The molecule has 240 valence electrons. The highest BCUT2D eigenvalue weighted by atomic mass is 16.2. The number of rotatable bonds is 12. The maximum absolute atomic E-state index is 14.7. The van der Waals surface area contributed by atoms with Crippen molar-refractivity contribution in [2.45, 2.75) is 104 Å². The summed E-state index contributed by atoms with van der Waals surface area (Å²) in [5.74, 6) is 0.222. The largest absolute Gasteiger partial charge is 0.384 e. The van der Waals surface area contributed by atoms with Crippen molar-refractivity contribution in [1.29, 1.82) is 0 Å². The van der Waals surface area contributed by atoms with Gasteiger partial charge in [-0.1, -0.05) is 69.5 Å². The first-order valence-electron chi connectivity index (χ1n) is 17.0. The predicted molar refractivity (Wildman–Crippen MR) is 176 cm³/mol. The Morgan fingerprint density at radius 1 is 1.02 bits per heavy atom. The van der Waals surface area contributed by atoms with E-state index in [4.69, 9.17) is 0 Å². The average Bonchev–Trinajstić information content (AvgIpc) is 3.29. The van der Waals surface area contributed by atoms with E-state index in [0.717, 1.165) is 69.3 Å². The molecule has 3 aliphatic rings. The van der Waals surface area contributed by atoms with Crippen LogP contribution in [0.25, 0.3) is 11.3 Å². The molecule has 2 atom stereocenters. The van der Waals surface area contributed by atoms with E-state index in [-0.39, 0.29) is 35.5 Å². The summed E-state index contributed by atoms with van der Waals surface area (Å²) in [4.78, 5) is 43.3. The number of amides is 2. The molecule has 2 unspecified atom stereocenters. The number of allylic oxidation sites excluding steroid dienone is 2. The molecule has 9 nitrogen and oxygen atoms in total. The van der Waals surface area contributed by atoms with Crippen LogP contribution in [0, 0.1) is 5.92 Å². The number of hydrogen-bond acceptors (Lipinski definition) is 5. The third-order valence-electron chi connectivity index (χ3n) is 9.46. The summed E-state index contributed by atoms with van der Waals surface area (Å²) in [6, 6.07) is 10.1. The fraction of sp³-hybridized carbons (Fsp3) is 0.629. The van der Waals surface area contributed by atoms with Gasteiger partial charge in [0.05, 0.1) is 11.7 Å². The predicted octanol–water partition coefficient (Wildman–Crippen LogP) is 4.84. The first-order chi connectivity index (χ1) is 21.4. The second kappa shape index (κ2) is 15.1. The molecule has 2 amide bonds. The number of benzene rings is 1. The van der Waals surface area contributed by atoms with E-state index in [0.29, 0.717) is 44.7 Å². The standard InChI is InChI=1S/C35H52N6O3/c1-4-28(26-14-10-15-26)38-29-16-8-9-17-30(29)41-32(27-12-6-5-7-13-27)33(34(43)39-22-19-36-20-23-39)40(35(41)44)21-11-18-37-31(42)24-25(2)3/h5-7,12-13,25,29-30,36,38H,4,8-11,14-24H2,1-3H3,(H,37,42). The number of carbonyl (C=O) groups is 2. The lowest BCUT2D eigenvalue weighted by Crippen LogP contribution is -2.47. The second-order valence-electron chi connectivity index (χ2n) is 13.1. The Morgan fingerprint density at radius 3 is 2.41 bits per heavy atom. The molecule has 2 aliphatic carbocycles. The third kappa shape index (κ3) is 7.31. The quantitative estimate of drug-likeness (QED) is 0.301. The van der Waals surface area contributed by atoms with Crippen LogP contribution in [0.3, 0.4) is 0 Å². The van der Waals surface area contributed by atoms with Crippen molar-refractivity contribution < 1.29 is 9.59 Å². The number of nitrogens with zero attached hydrogens (tertiary/aromatic N) is 3. The van der Waals surface area contributed by atoms with Gasteiger partial charge in [0.25, 0.3) is 5.91 Å². The van der Waals surface area contributed by atoms with Crippen LogP contribution in [0.5, 0.6) is 0 Å². The molecule has 0 spiro atoms. The maximum atomic E-state index is 14.7. The van der Waals surface area contributed by atoms with Gasteiger partial charge in [-0.05, 0) is 50.9 Å². The molecule has 2 saturated carbocycles. The molecule has 1 aromatic carbocycles. The highest BCUT2D eigenvalue weighted by molar-refractivity contribution is 5.99. The first-order valence-corrected chi connectivity index (χ1v) is 17.0. The molecule has 1 aliphatic heterocycles. The fourth-order valence-electron chi connectivity index (χ4n) is 7.01. The summed E-state index contributed by atoms with van der Waals surface area (Å²) in [5, 5.41) is 10.3. The lowest BCUT2D eigenvalue weighted by molar-refractivity contribution is -0.121. The molecule has 0 radical (unpaired) electrons. The van der Waals surface area contributed by atoms with Gasteiger partial charge in [0.2, 0.25) is 5.91 Å². The number of imidazole rings is 1. The van der Waals surface area contributed by atoms with E-state index in [2.05, 4.69) is 22.9 Å². The normalized spacial score (nSPS) is 20.4. The summed E-state index contributed by atoms with van der Waals surface area (Å²) in [7, 11) is 0. The Hall–Kier alpha value is -3.33. The zero-order valence-corrected chi connectivity index (χ0v) is 27.0. The zero-order valence-electron chi connectivity index (χ0n) is 27.0. The van der Waals surface area contributed by atoms with E-state index in [1.165, 1.54) is 17.7 Å². The molecule has 2 aromatic rings. The van der Waals surface area contributed by atoms with Crippen LogP contribution < -0.4 is 21.6 Å². The summed E-state index contributed by atoms with van der Waals surface area (Å²) >= 11 is 0. The van der Waals surface area contributed by atoms with Crippen LogP contribution in [0.1, 0.15) is 102 Å². The van der Waals surface area contributed by atoms with E-state index in [1.54, 1.807) is 4.57 Å². The van der Waals surface area contributed by atoms with Crippen LogP contribution in [0.15, 0.2) is 46.4 Å².